The van der Waals surface area contributed by atoms with Crippen molar-refractivity contribution in [2.75, 3.05) is 6.54 Å². The Morgan fingerprint density at radius 3 is 2.40 bits per heavy atom. The highest BCUT2D eigenvalue weighted by molar-refractivity contribution is 6.31. The van der Waals surface area contributed by atoms with Crippen molar-refractivity contribution in [2.45, 2.75) is 25.5 Å². The lowest BCUT2D eigenvalue weighted by Gasteiger charge is -2.18. The van der Waals surface area contributed by atoms with Crippen LogP contribution in [0, 0.1) is 0 Å². The minimum Gasteiger partial charge on any atom is -0.387 e. The van der Waals surface area contributed by atoms with Crippen molar-refractivity contribution < 1.29 is 5.11 Å². The average molecular weight is 290 g/mol. The fourth-order valence-electron chi connectivity index (χ4n) is 2.21. The normalized spacial score (nSPS) is 13.9. The molecule has 20 heavy (non-hydrogen) atoms. The molecule has 1 unspecified atom stereocenters. The SMILES string of the molecule is CC(Cc1ccccc1)NC[C@H](O)c1ccccc1Cl. The van der Waals surface area contributed by atoms with E-state index < -0.39 is 6.10 Å². The van der Waals surface area contributed by atoms with Crippen LogP contribution in [0.5, 0.6) is 0 Å². The standard InChI is InChI=1S/C17H20ClNO/c1-13(11-14-7-3-2-4-8-14)19-12-17(20)15-9-5-6-10-16(15)18/h2-10,13,17,19-20H,11-12H2,1H3/t13?,17-/m0/s1. The van der Waals surface area contributed by atoms with Crippen LogP contribution >= 0.6 is 11.6 Å². The van der Waals surface area contributed by atoms with Crippen LogP contribution in [0.1, 0.15) is 24.2 Å². The van der Waals surface area contributed by atoms with Gasteiger partial charge in [-0.15, -0.1) is 0 Å². The van der Waals surface area contributed by atoms with E-state index in [4.69, 9.17) is 11.6 Å². The number of aliphatic hydroxyl groups is 1. The van der Waals surface area contributed by atoms with Crippen LogP contribution in [0.15, 0.2) is 54.6 Å². The summed E-state index contributed by atoms with van der Waals surface area (Å²) in [7, 11) is 0. The fourth-order valence-corrected chi connectivity index (χ4v) is 2.47. The van der Waals surface area contributed by atoms with Gasteiger partial charge in [0.2, 0.25) is 0 Å². The van der Waals surface area contributed by atoms with Crippen LogP contribution in [-0.2, 0) is 6.42 Å². The maximum Gasteiger partial charge on any atom is 0.0928 e. The summed E-state index contributed by atoms with van der Waals surface area (Å²) in [6.45, 7) is 2.62. The van der Waals surface area contributed by atoms with Crippen LogP contribution in [-0.4, -0.2) is 17.7 Å². The third kappa shape index (κ3) is 4.34. The van der Waals surface area contributed by atoms with Gasteiger partial charge in [0.05, 0.1) is 6.10 Å². The molecule has 0 saturated carbocycles. The lowest BCUT2D eigenvalue weighted by molar-refractivity contribution is 0.170. The first-order valence-electron chi connectivity index (χ1n) is 6.86. The van der Waals surface area contributed by atoms with E-state index in [0.29, 0.717) is 17.6 Å². The Balaban J connectivity index is 1.84. The predicted octanol–water partition coefficient (Wildman–Crippen LogP) is 3.59. The van der Waals surface area contributed by atoms with Crippen molar-refractivity contribution >= 4 is 11.6 Å². The van der Waals surface area contributed by atoms with Gasteiger partial charge >= 0.3 is 0 Å². The molecule has 0 heterocycles. The van der Waals surface area contributed by atoms with Crippen LogP contribution in [0.2, 0.25) is 5.02 Å². The van der Waals surface area contributed by atoms with E-state index >= 15 is 0 Å². The maximum absolute atomic E-state index is 10.2. The van der Waals surface area contributed by atoms with Gasteiger partial charge in [0.1, 0.15) is 0 Å². The predicted molar refractivity (Wildman–Crippen MR) is 84.0 cm³/mol. The lowest BCUT2D eigenvalue weighted by Crippen LogP contribution is -2.32. The number of rotatable bonds is 6. The highest BCUT2D eigenvalue weighted by Gasteiger charge is 2.12. The largest absolute Gasteiger partial charge is 0.387 e. The second-order valence-electron chi connectivity index (χ2n) is 5.04. The van der Waals surface area contributed by atoms with E-state index in [9.17, 15) is 5.11 Å². The molecule has 3 heteroatoms. The fraction of sp³-hybridized carbons (Fsp3) is 0.294. The van der Waals surface area contributed by atoms with Crippen LogP contribution in [0.3, 0.4) is 0 Å². The van der Waals surface area contributed by atoms with E-state index in [0.717, 1.165) is 12.0 Å². The van der Waals surface area contributed by atoms with Gasteiger partial charge in [0.15, 0.2) is 0 Å². The van der Waals surface area contributed by atoms with Gasteiger partial charge in [-0.3, -0.25) is 0 Å². The zero-order valence-electron chi connectivity index (χ0n) is 11.6. The summed E-state index contributed by atoms with van der Waals surface area (Å²) >= 11 is 6.08. The van der Waals surface area contributed by atoms with Crippen molar-refractivity contribution in [3.05, 3.63) is 70.7 Å². The first kappa shape index (κ1) is 15.0. The van der Waals surface area contributed by atoms with E-state index in [-0.39, 0.29) is 0 Å². The minimum atomic E-state index is -0.582. The monoisotopic (exact) mass is 289 g/mol. The molecule has 2 aromatic rings. The molecule has 2 atom stereocenters. The van der Waals surface area contributed by atoms with E-state index in [1.807, 2.05) is 36.4 Å². The topological polar surface area (TPSA) is 32.3 Å². The first-order valence-corrected chi connectivity index (χ1v) is 7.24. The highest BCUT2D eigenvalue weighted by atomic mass is 35.5. The third-order valence-corrected chi connectivity index (χ3v) is 3.65. The number of aliphatic hydroxyl groups excluding tert-OH is 1. The van der Waals surface area contributed by atoms with Gasteiger partial charge in [0.25, 0.3) is 0 Å². The van der Waals surface area contributed by atoms with Crippen LogP contribution in [0.4, 0.5) is 0 Å². The molecule has 106 valence electrons. The Morgan fingerprint density at radius 1 is 1.05 bits per heavy atom. The lowest BCUT2D eigenvalue weighted by atomic mass is 10.1. The van der Waals surface area contributed by atoms with Gasteiger partial charge in [-0.1, -0.05) is 60.1 Å². The summed E-state index contributed by atoms with van der Waals surface area (Å²) in [6.07, 6.45) is 0.359. The Morgan fingerprint density at radius 2 is 1.70 bits per heavy atom. The Bertz CT molecular complexity index is 530. The summed E-state index contributed by atoms with van der Waals surface area (Å²) in [5.74, 6) is 0. The summed E-state index contributed by atoms with van der Waals surface area (Å²) in [5, 5.41) is 14.1. The molecule has 0 bridgehead atoms. The van der Waals surface area contributed by atoms with Gasteiger partial charge in [-0.25, -0.2) is 0 Å². The first-order chi connectivity index (χ1) is 9.66. The molecule has 0 aromatic heterocycles. The number of hydrogen-bond acceptors (Lipinski definition) is 2. The second kappa shape index (κ2) is 7.44. The zero-order chi connectivity index (χ0) is 14.4. The highest BCUT2D eigenvalue weighted by Crippen LogP contribution is 2.22. The molecule has 0 aliphatic heterocycles. The molecule has 0 amide bonds. The Hall–Kier alpha value is -1.35. The summed E-state index contributed by atoms with van der Waals surface area (Å²) < 4.78 is 0. The molecule has 0 spiro atoms. The molecule has 0 aliphatic rings. The molecule has 0 radical (unpaired) electrons. The van der Waals surface area contributed by atoms with E-state index in [1.165, 1.54) is 5.56 Å². The number of halogens is 1. The Labute approximate surface area is 125 Å². The van der Waals surface area contributed by atoms with Crippen molar-refractivity contribution in [3.8, 4) is 0 Å². The van der Waals surface area contributed by atoms with E-state index in [1.54, 1.807) is 6.07 Å². The summed E-state index contributed by atoms with van der Waals surface area (Å²) in [6, 6.07) is 18.0. The van der Waals surface area contributed by atoms with Gasteiger partial charge in [-0.05, 0) is 25.0 Å². The average Bonchev–Trinajstić information content (AvgIpc) is 2.46. The molecule has 2 N–H and O–H groups in total. The van der Waals surface area contributed by atoms with Crippen LogP contribution in [0.25, 0.3) is 0 Å². The van der Waals surface area contributed by atoms with Crippen molar-refractivity contribution in [1.29, 1.82) is 0 Å². The summed E-state index contributed by atoms with van der Waals surface area (Å²) in [4.78, 5) is 0. The molecule has 2 nitrogen and oxygen atoms in total. The van der Waals surface area contributed by atoms with Gasteiger partial charge in [-0.2, -0.15) is 0 Å². The molecule has 0 aliphatic carbocycles. The number of benzene rings is 2. The minimum absolute atomic E-state index is 0.300. The van der Waals surface area contributed by atoms with Crippen molar-refractivity contribution in [3.63, 3.8) is 0 Å². The number of hydrogen-bond donors (Lipinski definition) is 2. The third-order valence-electron chi connectivity index (χ3n) is 3.31. The van der Waals surface area contributed by atoms with Crippen molar-refractivity contribution in [2.24, 2.45) is 0 Å². The summed E-state index contributed by atoms with van der Waals surface area (Å²) in [5.41, 5.74) is 2.06. The van der Waals surface area contributed by atoms with E-state index in [2.05, 4.69) is 24.4 Å². The second-order valence-corrected chi connectivity index (χ2v) is 5.44. The van der Waals surface area contributed by atoms with Gasteiger partial charge in [0, 0.05) is 23.2 Å². The quantitative estimate of drug-likeness (QED) is 0.852. The smallest absolute Gasteiger partial charge is 0.0928 e. The molecule has 0 fully saturated rings. The molecular formula is C17H20ClNO. The molecular weight excluding hydrogens is 270 g/mol. The molecule has 0 saturated heterocycles. The Kier molecular flexibility index (Phi) is 5.60. The van der Waals surface area contributed by atoms with Crippen molar-refractivity contribution in [1.82, 2.24) is 5.32 Å². The van der Waals surface area contributed by atoms with Crippen LogP contribution < -0.4 is 5.32 Å². The molecule has 2 aromatic carbocycles. The van der Waals surface area contributed by atoms with Gasteiger partial charge < -0.3 is 10.4 Å². The molecule has 2 rings (SSSR count). The maximum atomic E-state index is 10.2. The zero-order valence-corrected chi connectivity index (χ0v) is 12.3. The number of nitrogens with one attached hydrogen (secondary N) is 1.